The Morgan fingerprint density at radius 1 is 0.886 bits per heavy atom. The van der Waals surface area contributed by atoms with Crippen LogP contribution in [0.1, 0.15) is 54.0 Å². The van der Waals surface area contributed by atoms with Crippen LogP contribution in [0, 0.1) is 5.41 Å². The van der Waals surface area contributed by atoms with Crippen molar-refractivity contribution in [3.63, 3.8) is 0 Å². The summed E-state index contributed by atoms with van der Waals surface area (Å²) in [5.41, 5.74) is 2.25. The third-order valence-electron chi connectivity index (χ3n) is 6.20. The lowest BCUT2D eigenvalue weighted by Gasteiger charge is -2.40. The molecule has 0 spiro atoms. The van der Waals surface area contributed by atoms with E-state index in [2.05, 4.69) is 35.9 Å². The standard InChI is InChI=1S/C26H33Cl2N3O2.2ClH/c1-18(32)20-6-8-21(9-7-20)25(33)29-24(26(2,3)4)17-31-13-11-30(12-14-31)16-19-5-10-22(27)23(28)15-19;;/h5-10,15,24H,11-14,16-17H2,1-4H3,(H,29,33);2*1H/t24-;;/m1../s1. The van der Waals surface area contributed by atoms with E-state index in [0.29, 0.717) is 21.2 Å². The van der Waals surface area contributed by atoms with Gasteiger partial charge in [0.15, 0.2) is 5.78 Å². The van der Waals surface area contributed by atoms with Gasteiger partial charge in [0, 0.05) is 56.4 Å². The first-order chi connectivity index (χ1) is 15.5. The minimum absolute atomic E-state index is 0. The Balaban J connectivity index is 0.00000306. The highest BCUT2D eigenvalue weighted by molar-refractivity contribution is 6.42. The minimum Gasteiger partial charge on any atom is -0.347 e. The second-order valence-corrected chi connectivity index (χ2v) is 10.7. The molecule has 2 aromatic carbocycles. The summed E-state index contributed by atoms with van der Waals surface area (Å²) in [4.78, 5) is 29.2. The van der Waals surface area contributed by atoms with Crippen LogP contribution in [0.15, 0.2) is 42.5 Å². The van der Waals surface area contributed by atoms with Crippen LogP contribution in [0.5, 0.6) is 0 Å². The van der Waals surface area contributed by atoms with Crippen molar-refractivity contribution in [3.8, 4) is 0 Å². The summed E-state index contributed by atoms with van der Waals surface area (Å²) < 4.78 is 0. The Hall–Kier alpha value is -1.34. The van der Waals surface area contributed by atoms with Gasteiger partial charge in [-0.3, -0.25) is 19.4 Å². The molecule has 1 fully saturated rings. The average molecular weight is 563 g/mol. The van der Waals surface area contributed by atoms with Crippen LogP contribution < -0.4 is 5.32 Å². The number of ketones is 1. The Labute approximate surface area is 231 Å². The van der Waals surface area contributed by atoms with Gasteiger partial charge in [0.1, 0.15) is 0 Å². The van der Waals surface area contributed by atoms with Crippen LogP contribution in [-0.2, 0) is 6.54 Å². The van der Waals surface area contributed by atoms with Crippen molar-refractivity contribution in [3.05, 3.63) is 69.2 Å². The third-order valence-corrected chi connectivity index (χ3v) is 6.94. The second kappa shape index (κ2) is 13.8. The monoisotopic (exact) mass is 561 g/mol. The highest BCUT2D eigenvalue weighted by Gasteiger charge is 2.30. The maximum absolute atomic E-state index is 12.9. The number of nitrogens with zero attached hydrogens (tertiary/aromatic N) is 2. The Kier molecular flexibility index (Phi) is 12.5. The molecule has 1 aliphatic rings. The molecular weight excluding hydrogens is 528 g/mol. The SMILES string of the molecule is CC(=O)c1ccc(C(=O)N[C@H](CN2CCN(Cc3ccc(Cl)c(Cl)c3)CC2)C(C)(C)C)cc1.Cl.Cl. The molecule has 0 saturated carbocycles. The van der Waals surface area contributed by atoms with Crippen molar-refractivity contribution in [1.82, 2.24) is 15.1 Å². The summed E-state index contributed by atoms with van der Waals surface area (Å²) in [7, 11) is 0. The number of hydrogen-bond acceptors (Lipinski definition) is 4. The lowest BCUT2D eigenvalue weighted by molar-refractivity contribution is 0.0790. The quantitative estimate of drug-likeness (QED) is 0.420. The number of Topliss-reactive ketones (excluding diaryl/α,β-unsaturated/α-hetero) is 1. The van der Waals surface area contributed by atoms with Crippen molar-refractivity contribution >= 4 is 59.7 Å². The number of rotatable bonds is 7. The molecule has 1 N–H and O–H groups in total. The van der Waals surface area contributed by atoms with Crippen molar-refractivity contribution in [2.75, 3.05) is 32.7 Å². The van der Waals surface area contributed by atoms with E-state index in [1.807, 2.05) is 18.2 Å². The number of amides is 1. The minimum atomic E-state index is -0.108. The molecule has 35 heavy (non-hydrogen) atoms. The summed E-state index contributed by atoms with van der Waals surface area (Å²) in [6.45, 7) is 13.4. The number of nitrogens with one attached hydrogen (secondary N) is 1. The molecule has 0 aromatic heterocycles. The molecule has 9 heteroatoms. The molecule has 0 unspecified atom stereocenters. The Bertz CT molecular complexity index is 985. The van der Waals surface area contributed by atoms with E-state index in [1.54, 1.807) is 24.3 Å². The molecule has 1 heterocycles. The summed E-state index contributed by atoms with van der Waals surface area (Å²) in [5, 5.41) is 4.39. The van der Waals surface area contributed by atoms with Gasteiger partial charge < -0.3 is 5.32 Å². The van der Waals surface area contributed by atoms with Crippen molar-refractivity contribution in [1.29, 1.82) is 0 Å². The number of carbonyl (C=O) groups is 2. The highest BCUT2D eigenvalue weighted by atomic mass is 35.5. The van der Waals surface area contributed by atoms with Crippen molar-refractivity contribution < 1.29 is 9.59 Å². The topological polar surface area (TPSA) is 52.7 Å². The molecule has 1 aliphatic heterocycles. The largest absolute Gasteiger partial charge is 0.347 e. The predicted molar refractivity (Wildman–Crippen MR) is 150 cm³/mol. The van der Waals surface area contributed by atoms with Gasteiger partial charge in [-0.15, -0.1) is 24.8 Å². The predicted octanol–water partition coefficient (Wildman–Crippen LogP) is 6.00. The zero-order valence-electron chi connectivity index (χ0n) is 20.6. The zero-order valence-corrected chi connectivity index (χ0v) is 23.8. The van der Waals surface area contributed by atoms with Gasteiger partial charge in [0.25, 0.3) is 5.91 Å². The first-order valence-electron chi connectivity index (χ1n) is 11.3. The van der Waals surface area contributed by atoms with E-state index in [9.17, 15) is 9.59 Å². The fraction of sp³-hybridized carbons (Fsp3) is 0.462. The molecule has 194 valence electrons. The number of benzene rings is 2. The van der Waals surface area contributed by atoms with Gasteiger partial charge in [-0.1, -0.05) is 62.2 Å². The first-order valence-corrected chi connectivity index (χ1v) is 12.1. The van der Waals surface area contributed by atoms with E-state index in [1.165, 1.54) is 6.92 Å². The fourth-order valence-electron chi connectivity index (χ4n) is 3.92. The summed E-state index contributed by atoms with van der Waals surface area (Å²) >= 11 is 12.2. The van der Waals surface area contributed by atoms with Crippen LogP contribution in [0.2, 0.25) is 10.0 Å². The normalized spacial score (nSPS) is 15.5. The van der Waals surface area contributed by atoms with Crippen LogP contribution >= 0.6 is 48.0 Å². The molecule has 1 amide bonds. The van der Waals surface area contributed by atoms with Gasteiger partial charge >= 0.3 is 0 Å². The smallest absolute Gasteiger partial charge is 0.251 e. The van der Waals surface area contributed by atoms with E-state index in [0.717, 1.165) is 44.8 Å². The number of piperazine rings is 1. The highest BCUT2D eigenvalue weighted by Crippen LogP contribution is 2.24. The number of carbonyl (C=O) groups excluding carboxylic acids is 2. The second-order valence-electron chi connectivity index (χ2n) is 9.85. The van der Waals surface area contributed by atoms with Crippen LogP contribution in [0.3, 0.4) is 0 Å². The van der Waals surface area contributed by atoms with Gasteiger partial charge in [0.05, 0.1) is 10.0 Å². The molecule has 3 rings (SSSR count). The maximum atomic E-state index is 12.9. The van der Waals surface area contributed by atoms with E-state index >= 15 is 0 Å². The summed E-state index contributed by atoms with van der Waals surface area (Å²) in [6, 6.07) is 12.6. The molecule has 2 aromatic rings. The lowest BCUT2D eigenvalue weighted by Crippen LogP contribution is -2.54. The average Bonchev–Trinajstić information content (AvgIpc) is 2.76. The number of hydrogen-bond donors (Lipinski definition) is 1. The molecule has 5 nitrogen and oxygen atoms in total. The first kappa shape index (κ1) is 31.7. The van der Waals surface area contributed by atoms with E-state index in [-0.39, 0.29) is 48.0 Å². The molecule has 1 atom stereocenters. The molecule has 0 aliphatic carbocycles. The third kappa shape index (κ3) is 9.23. The molecule has 1 saturated heterocycles. The van der Waals surface area contributed by atoms with Crippen LogP contribution in [0.4, 0.5) is 0 Å². The van der Waals surface area contributed by atoms with E-state index in [4.69, 9.17) is 23.2 Å². The van der Waals surface area contributed by atoms with Crippen molar-refractivity contribution in [2.24, 2.45) is 5.41 Å². The van der Waals surface area contributed by atoms with Gasteiger partial charge in [0.2, 0.25) is 0 Å². The molecule has 0 radical (unpaired) electrons. The molecule has 0 bridgehead atoms. The van der Waals surface area contributed by atoms with Gasteiger partial charge in [-0.05, 0) is 42.2 Å². The van der Waals surface area contributed by atoms with E-state index < -0.39 is 0 Å². The lowest BCUT2D eigenvalue weighted by atomic mass is 9.86. The van der Waals surface area contributed by atoms with Gasteiger partial charge in [-0.2, -0.15) is 0 Å². The fourth-order valence-corrected chi connectivity index (χ4v) is 4.24. The molecular formula is C26H35Cl4N3O2. The number of halogens is 4. The summed E-state index contributed by atoms with van der Waals surface area (Å²) in [5.74, 6) is -0.115. The van der Waals surface area contributed by atoms with Crippen molar-refractivity contribution in [2.45, 2.75) is 40.3 Å². The van der Waals surface area contributed by atoms with Gasteiger partial charge in [-0.25, -0.2) is 0 Å². The summed E-state index contributed by atoms with van der Waals surface area (Å²) in [6.07, 6.45) is 0. The zero-order chi connectivity index (χ0) is 24.2. The van der Waals surface area contributed by atoms with Crippen LogP contribution in [-0.4, -0.2) is 60.3 Å². The maximum Gasteiger partial charge on any atom is 0.251 e. The van der Waals surface area contributed by atoms with Crippen LogP contribution in [0.25, 0.3) is 0 Å². The Morgan fingerprint density at radius 2 is 1.43 bits per heavy atom. The Morgan fingerprint density at radius 3 is 1.94 bits per heavy atom.